The van der Waals surface area contributed by atoms with E-state index in [1.54, 1.807) is 0 Å². The van der Waals surface area contributed by atoms with Crippen molar-refractivity contribution in [3.8, 4) is 0 Å². The fourth-order valence-corrected chi connectivity index (χ4v) is 2.27. The second kappa shape index (κ2) is 40.3. The number of thiocarbonyl (C=S) groups is 1. The average molecular weight is 487 g/mol. The van der Waals surface area contributed by atoms with E-state index in [0.717, 1.165) is 12.8 Å². The molecule has 0 aliphatic carbocycles. The summed E-state index contributed by atoms with van der Waals surface area (Å²) in [6.45, 7) is 12.2. The van der Waals surface area contributed by atoms with Crippen molar-refractivity contribution in [3.05, 3.63) is 13.8 Å². The predicted octanol–water partition coefficient (Wildman–Crippen LogP) is 7.58. The van der Waals surface area contributed by atoms with Crippen LogP contribution in [0, 0.1) is 13.8 Å². The topological polar surface area (TPSA) is 43.1 Å². The van der Waals surface area contributed by atoms with Crippen LogP contribution in [0.2, 0.25) is 0 Å². The van der Waals surface area contributed by atoms with Crippen molar-refractivity contribution in [1.82, 2.24) is 0 Å². The molecule has 2 N–H and O–H groups in total. The van der Waals surface area contributed by atoms with E-state index in [1.165, 1.54) is 89.9 Å². The van der Waals surface area contributed by atoms with Crippen LogP contribution >= 0.6 is 12.2 Å². The Bertz CT molecular complexity index is 196. The number of hydrogen-bond acceptors (Lipinski definition) is 3. The van der Waals surface area contributed by atoms with Gasteiger partial charge < -0.3 is 44.4 Å². The minimum atomic E-state index is 0.0833. The number of nitrogens with two attached hydrogens (primary N) is 1. The summed E-state index contributed by atoms with van der Waals surface area (Å²) in [6, 6.07) is 0. The number of hydrogen-bond donors (Lipinski definition) is 1. The summed E-state index contributed by atoms with van der Waals surface area (Å²) in [6.07, 6.45) is 21.8. The summed E-state index contributed by atoms with van der Waals surface area (Å²) < 4.78 is 8.34. The van der Waals surface area contributed by atoms with E-state index in [2.05, 4.69) is 58.3 Å². The predicted molar refractivity (Wildman–Crippen MR) is 121 cm³/mol. The Morgan fingerprint density at radius 3 is 1.12 bits per heavy atom. The van der Waals surface area contributed by atoms with E-state index in [-0.39, 0.29) is 4.32 Å². The van der Waals surface area contributed by atoms with Gasteiger partial charge in [-0.2, -0.15) is 12.8 Å². The maximum atomic E-state index is 8.26. The zero-order valence-corrected chi connectivity index (χ0v) is 21.1. The molecule has 0 rings (SSSR count). The molecule has 0 radical (unpaired) electrons. The first-order valence-electron chi connectivity index (χ1n) is 10.3. The van der Waals surface area contributed by atoms with E-state index in [0.29, 0.717) is 19.8 Å². The third kappa shape index (κ3) is 64.3. The molecule has 0 heterocycles. The fourth-order valence-electron chi connectivity index (χ4n) is 2.27. The zero-order valence-electron chi connectivity index (χ0n) is 17.4. The van der Waals surface area contributed by atoms with Crippen molar-refractivity contribution in [2.45, 2.75) is 117 Å². The molecule has 0 saturated heterocycles. The monoisotopic (exact) mass is 488 g/mol. The first-order valence-corrected chi connectivity index (χ1v) is 11.9. The third-order valence-corrected chi connectivity index (χ3v) is 3.71. The van der Waals surface area contributed by atoms with E-state index < -0.39 is 0 Å². The van der Waals surface area contributed by atoms with Gasteiger partial charge in [-0.1, -0.05) is 108 Å². The SMILES string of the molecule is NC(=S)[S-].[CH2-]CCCCCCCCC.[CH2-]CCCCCCCCC.[O]=[Mo]. The molecule has 26 heavy (non-hydrogen) atoms. The van der Waals surface area contributed by atoms with Gasteiger partial charge in [-0.3, -0.25) is 0 Å². The van der Waals surface area contributed by atoms with Crippen LogP contribution in [0.3, 0.4) is 0 Å². The van der Waals surface area contributed by atoms with Gasteiger partial charge in [0.15, 0.2) is 0 Å². The number of rotatable bonds is 14. The molecule has 0 aromatic carbocycles. The molecule has 0 aliphatic rings. The van der Waals surface area contributed by atoms with Crippen molar-refractivity contribution < 1.29 is 23.2 Å². The van der Waals surface area contributed by atoms with Crippen LogP contribution in [0.4, 0.5) is 0 Å². The van der Waals surface area contributed by atoms with Crippen LogP contribution < -0.4 is 5.73 Å². The standard InChI is InChI=1S/2C10H21.CH3NS2.Mo.O/c2*1-3-5-7-9-10-8-6-4-2;2-1(3)4;;/h2*1,3-10H2,2H3;(H3,2,3,4);;/q2*-1;;;/p-1. The Hall–Kier alpha value is 0.598. The van der Waals surface area contributed by atoms with Crippen molar-refractivity contribution in [3.63, 3.8) is 0 Å². The van der Waals surface area contributed by atoms with Gasteiger partial charge in [0.25, 0.3) is 0 Å². The van der Waals surface area contributed by atoms with E-state index in [4.69, 9.17) is 3.40 Å². The van der Waals surface area contributed by atoms with Gasteiger partial charge in [-0.25, -0.2) is 0 Å². The van der Waals surface area contributed by atoms with Crippen LogP contribution in [0.1, 0.15) is 117 Å². The summed E-state index contributed by atoms with van der Waals surface area (Å²) in [4.78, 5) is 0. The Kier molecular flexibility index (Phi) is 52.9. The molecular formula is C21H44MoNOS2-3. The van der Waals surface area contributed by atoms with Gasteiger partial charge in [-0.05, 0) is 0 Å². The Labute approximate surface area is 187 Å². The molecule has 0 aliphatic heterocycles. The van der Waals surface area contributed by atoms with Gasteiger partial charge in [0.05, 0.1) is 0 Å². The molecule has 0 unspecified atom stereocenters. The molecule has 0 aromatic rings. The average Bonchev–Trinajstić information content (AvgIpc) is 2.63. The molecule has 0 fully saturated rings. The molecule has 160 valence electrons. The van der Waals surface area contributed by atoms with Crippen molar-refractivity contribution >= 4 is 29.2 Å². The molecular weight excluding hydrogens is 442 g/mol. The van der Waals surface area contributed by atoms with Crippen molar-refractivity contribution in [1.29, 1.82) is 0 Å². The van der Waals surface area contributed by atoms with Crippen LogP contribution in [0.25, 0.3) is 0 Å². The first kappa shape index (κ1) is 34.1. The maximum absolute atomic E-state index is 8.26. The second-order valence-corrected chi connectivity index (χ2v) is 7.41. The molecule has 5 heteroatoms. The summed E-state index contributed by atoms with van der Waals surface area (Å²) in [5.74, 6) is 0. The van der Waals surface area contributed by atoms with E-state index in [9.17, 15) is 0 Å². The number of unbranched alkanes of at least 4 members (excludes halogenated alkanes) is 14. The summed E-state index contributed by atoms with van der Waals surface area (Å²) in [5.41, 5.74) is 4.66. The van der Waals surface area contributed by atoms with Crippen LogP contribution in [0.5, 0.6) is 0 Å². The second-order valence-electron chi connectivity index (χ2n) is 6.27. The summed E-state index contributed by atoms with van der Waals surface area (Å²) in [5, 5.41) is 0. The van der Waals surface area contributed by atoms with Crippen LogP contribution in [-0.2, 0) is 35.8 Å². The van der Waals surface area contributed by atoms with Gasteiger partial charge in [-0.15, -0.1) is 0 Å². The molecule has 2 nitrogen and oxygen atoms in total. The summed E-state index contributed by atoms with van der Waals surface area (Å²) in [7, 11) is 0. The quantitative estimate of drug-likeness (QED) is 0.0903. The molecule has 0 amide bonds. The fraction of sp³-hybridized carbons (Fsp3) is 0.857. The molecule has 0 spiro atoms. The third-order valence-electron chi connectivity index (χ3n) is 3.71. The van der Waals surface area contributed by atoms with Crippen LogP contribution in [0.15, 0.2) is 0 Å². The van der Waals surface area contributed by atoms with E-state index >= 15 is 0 Å². The molecule has 0 aromatic heterocycles. The van der Waals surface area contributed by atoms with Gasteiger partial charge >= 0.3 is 23.2 Å². The van der Waals surface area contributed by atoms with E-state index in [1.807, 2.05) is 0 Å². The van der Waals surface area contributed by atoms with Crippen molar-refractivity contribution in [2.24, 2.45) is 5.73 Å². The molecule has 0 atom stereocenters. The molecule has 0 saturated carbocycles. The molecule has 0 bridgehead atoms. The minimum absolute atomic E-state index is 0.0833. The zero-order chi connectivity index (χ0) is 20.9. The van der Waals surface area contributed by atoms with Gasteiger partial charge in [0.1, 0.15) is 0 Å². The van der Waals surface area contributed by atoms with Crippen LogP contribution in [-0.4, -0.2) is 4.32 Å². The Morgan fingerprint density at radius 1 is 0.731 bits per heavy atom. The normalized spacial score (nSPS) is 8.92. The van der Waals surface area contributed by atoms with Gasteiger partial charge in [0.2, 0.25) is 0 Å². The van der Waals surface area contributed by atoms with Gasteiger partial charge in [0, 0.05) is 0 Å². The Morgan fingerprint density at radius 2 is 0.923 bits per heavy atom. The first-order chi connectivity index (χ1) is 12.6. The Balaban J connectivity index is -0.000000143. The van der Waals surface area contributed by atoms with Crippen molar-refractivity contribution in [2.75, 3.05) is 0 Å². The summed E-state index contributed by atoms with van der Waals surface area (Å²) >= 11 is 8.96.